The summed E-state index contributed by atoms with van der Waals surface area (Å²) in [6, 6.07) is 9.10. The third-order valence-electron chi connectivity index (χ3n) is 3.47. The topological polar surface area (TPSA) is 79.4 Å². The molecule has 1 aromatic heterocycles. The molecule has 2 N–H and O–H groups in total. The van der Waals surface area contributed by atoms with Crippen LogP contribution in [0.1, 0.15) is 12.5 Å². The Kier molecular flexibility index (Phi) is 6.08. The first-order chi connectivity index (χ1) is 11.5. The summed E-state index contributed by atoms with van der Waals surface area (Å²) < 4.78 is 5.08. The van der Waals surface area contributed by atoms with Crippen molar-refractivity contribution < 1.29 is 9.53 Å². The Morgan fingerprint density at radius 2 is 2.08 bits per heavy atom. The predicted molar refractivity (Wildman–Crippen MR) is 95.6 cm³/mol. The van der Waals surface area contributed by atoms with Crippen molar-refractivity contribution in [2.75, 3.05) is 36.3 Å². The quantitative estimate of drug-likeness (QED) is 0.852. The van der Waals surface area contributed by atoms with Crippen molar-refractivity contribution in [2.45, 2.75) is 19.9 Å². The highest BCUT2D eigenvalue weighted by Gasteiger charge is 2.14. The normalized spacial score (nSPS) is 11.7. The Bertz CT molecular complexity index is 692. The van der Waals surface area contributed by atoms with Crippen LogP contribution in [0.3, 0.4) is 0 Å². The number of ether oxygens (including phenoxy) is 1. The number of para-hydroxylation sites is 1. The van der Waals surface area contributed by atoms with Crippen LogP contribution < -0.4 is 15.5 Å². The molecule has 2 rings (SSSR count). The molecular formula is C17H23N5O2. The summed E-state index contributed by atoms with van der Waals surface area (Å²) >= 11 is 0. The number of amides is 2. The molecule has 1 heterocycles. The largest absolute Gasteiger partial charge is 0.383 e. The third kappa shape index (κ3) is 4.66. The lowest BCUT2D eigenvalue weighted by molar-refractivity contribution is 0.190. The molecule has 0 aliphatic heterocycles. The van der Waals surface area contributed by atoms with E-state index in [0.29, 0.717) is 18.4 Å². The van der Waals surface area contributed by atoms with E-state index in [2.05, 4.69) is 20.6 Å². The lowest BCUT2D eigenvalue weighted by Crippen LogP contribution is -2.32. The Morgan fingerprint density at radius 3 is 2.79 bits per heavy atom. The molecule has 24 heavy (non-hydrogen) atoms. The van der Waals surface area contributed by atoms with Crippen molar-refractivity contribution in [3.63, 3.8) is 0 Å². The summed E-state index contributed by atoms with van der Waals surface area (Å²) in [6.07, 6.45) is 1.61. The van der Waals surface area contributed by atoms with Crippen LogP contribution in [0.4, 0.5) is 22.2 Å². The smallest absolute Gasteiger partial charge is 0.327 e. The van der Waals surface area contributed by atoms with Crippen molar-refractivity contribution in [3.8, 4) is 0 Å². The minimum atomic E-state index is -0.265. The van der Waals surface area contributed by atoms with Crippen LogP contribution in [0.2, 0.25) is 0 Å². The van der Waals surface area contributed by atoms with Gasteiger partial charge < -0.3 is 15.4 Å². The van der Waals surface area contributed by atoms with E-state index in [-0.39, 0.29) is 12.1 Å². The van der Waals surface area contributed by atoms with Gasteiger partial charge in [-0.2, -0.15) is 4.98 Å². The van der Waals surface area contributed by atoms with Crippen LogP contribution >= 0.6 is 0 Å². The molecule has 0 spiro atoms. The number of nitrogens with zero attached hydrogens (tertiary/aromatic N) is 3. The van der Waals surface area contributed by atoms with E-state index in [1.54, 1.807) is 26.4 Å². The Hall–Kier alpha value is -2.67. The van der Waals surface area contributed by atoms with Gasteiger partial charge in [0.2, 0.25) is 5.95 Å². The van der Waals surface area contributed by atoms with Crippen molar-refractivity contribution >= 4 is 23.5 Å². The van der Waals surface area contributed by atoms with Crippen LogP contribution in [-0.4, -0.2) is 42.8 Å². The van der Waals surface area contributed by atoms with Gasteiger partial charge in [0.15, 0.2) is 0 Å². The number of carbonyl (C=O) groups is 1. The molecule has 128 valence electrons. The summed E-state index contributed by atoms with van der Waals surface area (Å²) in [6.45, 7) is 4.45. The van der Waals surface area contributed by atoms with E-state index in [4.69, 9.17) is 4.74 Å². The molecule has 7 heteroatoms. The molecule has 0 saturated carbocycles. The van der Waals surface area contributed by atoms with Gasteiger partial charge in [-0.05, 0) is 31.5 Å². The number of nitrogens with one attached hydrogen (secondary N) is 2. The standard InChI is InChI=1S/C17H23N5O2/c1-12-7-5-6-8-14(12)20-17(23)22(3)15-9-10-18-16(21-15)19-13(2)11-24-4/h5-10,13H,11H2,1-4H3,(H,20,23)(H,18,19,21)/t13-/m0/s1. The van der Waals surface area contributed by atoms with E-state index >= 15 is 0 Å². The van der Waals surface area contributed by atoms with Gasteiger partial charge in [0, 0.05) is 32.1 Å². The van der Waals surface area contributed by atoms with Crippen molar-refractivity contribution in [2.24, 2.45) is 0 Å². The lowest BCUT2D eigenvalue weighted by Gasteiger charge is -2.19. The first-order valence-electron chi connectivity index (χ1n) is 7.70. The molecule has 0 aliphatic rings. The predicted octanol–water partition coefficient (Wildman–Crippen LogP) is 2.90. The summed E-state index contributed by atoms with van der Waals surface area (Å²) in [5, 5.41) is 6.01. The highest BCUT2D eigenvalue weighted by atomic mass is 16.5. The Balaban J connectivity index is 2.07. The molecule has 2 aromatic rings. The molecule has 0 radical (unpaired) electrons. The van der Waals surface area contributed by atoms with E-state index in [1.807, 2.05) is 38.1 Å². The Labute approximate surface area is 142 Å². The van der Waals surface area contributed by atoms with Crippen molar-refractivity contribution in [1.82, 2.24) is 9.97 Å². The molecule has 0 aliphatic carbocycles. The van der Waals surface area contributed by atoms with Crippen LogP contribution in [0.25, 0.3) is 0 Å². The van der Waals surface area contributed by atoms with Crippen LogP contribution in [0.5, 0.6) is 0 Å². The number of carbonyl (C=O) groups excluding carboxylic acids is 1. The van der Waals surface area contributed by atoms with Gasteiger partial charge in [-0.25, -0.2) is 9.78 Å². The fraction of sp³-hybridized carbons (Fsp3) is 0.353. The number of urea groups is 1. The first-order valence-corrected chi connectivity index (χ1v) is 7.70. The molecular weight excluding hydrogens is 306 g/mol. The number of methoxy groups -OCH3 is 1. The van der Waals surface area contributed by atoms with Crippen molar-refractivity contribution in [3.05, 3.63) is 42.1 Å². The van der Waals surface area contributed by atoms with Gasteiger partial charge in [-0.3, -0.25) is 4.90 Å². The van der Waals surface area contributed by atoms with E-state index in [0.717, 1.165) is 11.3 Å². The lowest BCUT2D eigenvalue weighted by atomic mass is 10.2. The highest BCUT2D eigenvalue weighted by molar-refractivity contribution is 6.01. The average Bonchev–Trinajstić information content (AvgIpc) is 2.56. The second-order valence-electron chi connectivity index (χ2n) is 5.54. The van der Waals surface area contributed by atoms with Crippen LogP contribution in [0, 0.1) is 6.92 Å². The highest BCUT2D eigenvalue weighted by Crippen LogP contribution is 2.16. The number of aromatic nitrogens is 2. The zero-order chi connectivity index (χ0) is 17.5. The molecule has 1 atom stereocenters. The van der Waals surface area contributed by atoms with Gasteiger partial charge in [-0.1, -0.05) is 18.2 Å². The maximum atomic E-state index is 12.4. The maximum absolute atomic E-state index is 12.4. The molecule has 7 nitrogen and oxygen atoms in total. The minimum Gasteiger partial charge on any atom is -0.383 e. The van der Waals surface area contributed by atoms with Gasteiger partial charge in [-0.15, -0.1) is 0 Å². The minimum absolute atomic E-state index is 0.0661. The molecule has 0 unspecified atom stereocenters. The summed E-state index contributed by atoms with van der Waals surface area (Å²) in [4.78, 5) is 22.4. The first kappa shape index (κ1) is 17.7. The number of hydrogen-bond donors (Lipinski definition) is 2. The second-order valence-corrected chi connectivity index (χ2v) is 5.54. The molecule has 0 saturated heterocycles. The number of anilines is 3. The summed E-state index contributed by atoms with van der Waals surface area (Å²) in [5.74, 6) is 0.954. The number of benzene rings is 1. The molecule has 0 bridgehead atoms. The molecule has 2 amide bonds. The van der Waals surface area contributed by atoms with E-state index < -0.39 is 0 Å². The third-order valence-corrected chi connectivity index (χ3v) is 3.47. The summed E-state index contributed by atoms with van der Waals surface area (Å²) in [7, 11) is 3.30. The van der Waals surface area contributed by atoms with Crippen molar-refractivity contribution in [1.29, 1.82) is 0 Å². The SMILES string of the molecule is COC[C@H](C)Nc1nccc(N(C)C(=O)Nc2ccccc2C)n1. The zero-order valence-electron chi connectivity index (χ0n) is 14.4. The van der Waals surface area contributed by atoms with E-state index in [9.17, 15) is 4.79 Å². The Morgan fingerprint density at radius 1 is 1.33 bits per heavy atom. The number of rotatable bonds is 6. The zero-order valence-corrected chi connectivity index (χ0v) is 14.4. The van der Waals surface area contributed by atoms with E-state index in [1.165, 1.54) is 4.90 Å². The summed E-state index contributed by atoms with van der Waals surface area (Å²) in [5.41, 5.74) is 1.77. The van der Waals surface area contributed by atoms with Gasteiger partial charge in [0.05, 0.1) is 6.61 Å². The fourth-order valence-electron chi connectivity index (χ4n) is 2.13. The van der Waals surface area contributed by atoms with Gasteiger partial charge >= 0.3 is 6.03 Å². The monoisotopic (exact) mass is 329 g/mol. The van der Waals surface area contributed by atoms with Crippen LogP contribution in [0.15, 0.2) is 36.5 Å². The maximum Gasteiger partial charge on any atom is 0.327 e. The van der Waals surface area contributed by atoms with Gasteiger partial charge in [0.25, 0.3) is 0 Å². The molecule has 1 aromatic carbocycles. The van der Waals surface area contributed by atoms with Crippen LogP contribution in [-0.2, 0) is 4.74 Å². The average molecular weight is 329 g/mol. The van der Waals surface area contributed by atoms with Gasteiger partial charge in [0.1, 0.15) is 5.82 Å². The number of aryl methyl sites for hydroxylation is 1. The fourth-order valence-corrected chi connectivity index (χ4v) is 2.13. The molecule has 0 fully saturated rings. The number of hydrogen-bond acceptors (Lipinski definition) is 5. The second kappa shape index (κ2) is 8.26.